The van der Waals surface area contributed by atoms with E-state index in [-0.39, 0.29) is 6.42 Å². The maximum atomic E-state index is 14.3. The van der Waals surface area contributed by atoms with E-state index < -0.39 is 51.9 Å². The summed E-state index contributed by atoms with van der Waals surface area (Å²) < 4.78 is 70.3. The molecule has 0 nitrogen and oxygen atoms in total. The third-order valence-electron chi connectivity index (χ3n) is 4.50. The minimum atomic E-state index is -1.59. The third-order valence-corrected chi connectivity index (χ3v) is 4.50. The zero-order chi connectivity index (χ0) is 16.6. The van der Waals surface area contributed by atoms with Crippen molar-refractivity contribution in [1.29, 1.82) is 0 Å². The highest BCUT2D eigenvalue weighted by molar-refractivity contribution is 5.38. The maximum Gasteiger partial charge on any atom is 0.166 e. The van der Waals surface area contributed by atoms with Crippen molar-refractivity contribution in [3.63, 3.8) is 0 Å². The van der Waals surface area contributed by atoms with Gasteiger partial charge in [-0.1, -0.05) is 34.6 Å². The van der Waals surface area contributed by atoms with E-state index in [9.17, 15) is 22.0 Å². The molecule has 5 heteroatoms. The fourth-order valence-electron chi connectivity index (χ4n) is 2.27. The molecular weight excluding hydrogens is 287 g/mol. The van der Waals surface area contributed by atoms with Crippen molar-refractivity contribution in [2.75, 3.05) is 6.67 Å². The Kier molecular flexibility index (Phi) is 5.06. The third kappa shape index (κ3) is 2.79. The van der Waals surface area contributed by atoms with Gasteiger partial charge in [0.25, 0.3) is 0 Å². The first-order valence-corrected chi connectivity index (χ1v) is 7.00. The summed E-state index contributed by atoms with van der Waals surface area (Å²) in [6, 6.07) is 0. The number of rotatable bonds is 5. The molecule has 1 aromatic rings. The van der Waals surface area contributed by atoms with Crippen molar-refractivity contribution in [2.24, 2.45) is 0 Å². The van der Waals surface area contributed by atoms with Gasteiger partial charge in [0.1, 0.15) is 0 Å². The Bertz CT molecular complexity index is 501. The highest BCUT2D eigenvalue weighted by Gasteiger charge is 2.39. The van der Waals surface area contributed by atoms with Crippen molar-refractivity contribution in [1.82, 2.24) is 0 Å². The van der Waals surface area contributed by atoms with Crippen molar-refractivity contribution in [3.05, 3.63) is 34.4 Å². The summed E-state index contributed by atoms with van der Waals surface area (Å²) in [6.45, 7) is 6.33. The second kappa shape index (κ2) is 5.93. The fraction of sp³-hybridized carbons (Fsp3) is 0.625. The van der Waals surface area contributed by atoms with Crippen molar-refractivity contribution < 1.29 is 22.0 Å². The predicted octanol–water partition coefficient (Wildman–Crippen LogP) is 5.57. The summed E-state index contributed by atoms with van der Waals surface area (Å²) in [5, 5.41) is 0. The average Bonchev–Trinajstić information content (AvgIpc) is 2.45. The van der Waals surface area contributed by atoms with Gasteiger partial charge in [0.15, 0.2) is 23.3 Å². The van der Waals surface area contributed by atoms with E-state index in [0.29, 0.717) is 6.42 Å². The van der Waals surface area contributed by atoms with Gasteiger partial charge in [-0.15, -0.1) is 0 Å². The molecule has 0 spiro atoms. The van der Waals surface area contributed by atoms with Crippen LogP contribution in [0.25, 0.3) is 0 Å². The smallest absolute Gasteiger partial charge is 0.166 e. The first-order chi connectivity index (χ1) is 9.57. The summed E-state index contributed by atoms with van der Waals surface area (Å²) in [6.07, 6.45) is 0.319. The molecule has 0 aliphatic heterocycles. The summed E-state index contributed by atoms with van der Waals surface area (Å²) in [4.78, 5) is 0. The SMILES string of the molecule is CCC(C)(C)c1c(F)c(F)c(C(C)(CC)CF)c(F)c1F. The Morgan fingerprint density at radius 1 is 0.714 bits per heavy atom. The molecule has 1 rings (SSSR count). The maximum absolute atomic E-state index is 14.3. The minimum absolute atomic E-state index is 0.0206. The topological polar surface area (TPSA) is 0 Å². The van der Waals surface area contributed by atoms with E-state index in [0.717, 1.165) is 0 Å². The van der Waals surface area contributed by atoms with Crippen LogP contribution in [0.15, 0.2) is 0 Å². The molecule has 0 fully saturated rings. The molecule has 1 unspecified atom stereocenters. The van der Waals surface area contributed by atoms with E-state index >= 15 is 0 Å². The Hall–Kier alpha value is -1.13. The molecule has 0 aromatic heterocycles. The molecule has 1 aromatic carbocycles. The monoisotopic (exact) mass is 308 g/mol. The highest BCUT2D eigenvalue weighted by atomic mass is 19.2. The molecule has 0 amide bonds. The average molecular weight is 308 g/mol. The molecule has 0 radical (unpaired) electrons. The van der Waals surface area contributed by atoms with Gasteiger partial charge in [-0.05, 0) is 18.3 Å². The van der Waals surface area contributed by atoms with E-state index in [2.05, 4.69) is 0 Å². The number of hydrogen-bond acceptors (Lipinski definition) is 0. The molecule has 0 aliphatic rings. The lowest BCUT2D eigenvalue weighted by Gasteiger charge is -2.30. The van der Waals surface area contributed by atoms with Gasteiger partial charge in [-0.25, -0.2) is 17.6 Å². The van der Waals surface area contributed by atoms with Crippen LogP contribution in [0.2, 0.25) is 0 Å². The molecule has 1 atom stereocenters. The van der Waals surface area contributed by atoms with E-state index in [1.165, 1.54) is 27.7 Å². The minimum Gasteiger partial charge on any atom is -0.250 e. The van der Waals surface area contributed by atoms with Gasteiger partial charge < -0.3 is 0 Å². The zero-order valence-corrected chi connectivity index (χ0v) is 13.0. The lowest BCUT2D eigenvalue weighted by atomic mass is 9.76. The standard InChI is InChI=1S/C16H21F5/c1-6-15(3,4)9-11(18)13(20)10(14(21)12(9)19)16(5,7-2)8-17/h6-8H2,1-5H3. The van der Waals surface area contributed by atoms with Crippen molar-refractivity contribution >= 4 is 0 Å². The Morgan fingerprint density at radius 2 is 1.10 bits per heavy atom. The van der Waals surface area contributed by atoms with Gasteiger partial charge in [0.2, 0.25) is 0 Å². The first-order valence-electron chi connectivity index (χ1n) is 7.00. The summed E-state index contributed by atoms with van der Waals surface area (Å²) in [5.74, 6) is -5.84. The van der Waals surface area contributed by atoms with Crippen molar-refractivity contribution in [3.8, 4) is 0 Å². The Labute approximate surface area is 122 Å². The normalized spacial score (nSPS) is 15.1. The van der Waals surface area contributed by atoms with Gasteiger partial charge in [-0.3, -0.25) is 4.39 Å². The molecule has 0 bridgehead atoms. The molecule has 21 heavy (non-hydrogen) atoms. The van der Waals surface area contributed by atoms with Crippen LogP contribution in [0, 0.1) is 23.3 Å². The van der Waals surface area contributed by atoms with Gasteiger partial charge in [-0.2, -0.15) is 0 Å². The summed E-state index contributed by atoms with van der Waals surface area (Å²) in [7, 11) is 0. The van der Waals surface area contributed by atoms with Gasteiger partial charge in [0.05, 0.1) is 6.67 Å². The van der Waals surface area contributed by atoms with Crippen LogP contribution in [-0.4, -0.2) is 6.67 Å². The van der Waals surface area contributed by atoms with Crippen molar-refractivity contribution in [2.45, 2.75) is 58.3 Å². The number of alkyl halides is 1. The van der Waals surface area contributed by atoms with Crippen LogP contribution in [0.1, 0.15) is 58.6 Å². The van der Waals surface area contributed by atoms with E-state index in [1.54, 1.807) is 6.92 Å². The molecule has 0 aliphatic carbocycles. The predicted molar refractivity (Wildman–Crippen MR) is 73.2 cm³/mol. The van der Waals surface area contributed by atoms with Gasteiger partial charge in [0, 0.05) is 16.5 Å². The largest absolute Gasteiger partial charge is 0.250 e. The Balaban J connectivity index is 3.78. The lowest BCUT2D eigenvalue weighted by Crippen LogP contribution is -2.30. The van der Waals surface area contributed by atoms with E-state index in [1.807, 2.05) is 0 Å². The molecule has 0 N–H and O–H groups in total. The second-order valence-corrected chi connectivity index (χ2v) is 6.29. The Morgan fingerprint density at radius 3 is 1.38 bits per heavy atom. The summed E-state index contributed by atoms with van der Waals surface area (Å²) in [5.41, 5.74) is -4.13. The van der Waals surface area contributed by atoms with Crippen LogP contribution in [0.5, 0.6) is 0 Å². The van der Waals surface area contributed by atoms with Crippen LogP contribution in [-0.2, 0) is 10.8 Å². The van der Waals surface area contributed by atoms with E-state index in [4.69, 9.17) is 0 Å². The zero-order valence-electron chi connectivity index (χ0n) is 13.0. The molecule has 0 heterocycles. The molecular formula is C16H21F5. The highest BCUT2D eigenvalue weighted by Crippen LogP contribution is 2.40. The lowest BCUT2D eigenvalue weighted by molar-refractivity contribution is 0.284. The van der Waals surface area contributed by atoms with Crippen LogP contribution >= 0.6 is 0 Å². The van der Waals surface area contributed by atoms with Crippen LogP contribution in [0.4, 0.5) is 22.0 Å². The first kappa shape index (κ1) is 17.9. The molecule has 0 saturated heterocycles. The quantitative estimate of drug-likeness (QED) is 0.493. The van der Waals surface area contributed by atoms with Gasteiger partial charge >= 0.3 is 0 Å². The van der Waals surface area contributed by atoms with Crippen LogP contribution < -0.4 is 0 Å². The van der Waals surface area contributed by atoms with Crippen LogP contribution in [0.3, 0.4) is 0 Å². The number of hydrogen-bond donors (Lipinski definition) is 0. The number of halogens is 5. The number of benzene rings is 1. The molecule has 0 saturated carbocycles. The fourth-order valence-corrected chi connectivity index (χ4v) is 2.27. The summed E-state index contributed by atoms with van der Waals surface area (Å²) >= 11 is 0. The molecule has 120 valence electrons. The second-order valence-electron chi connectivity index (χ2n) is 6.29.